The molecule has 0 aliphatic rings. The van der Waals surface area contributed by atoms with E-state index in [0.29, 0.717) is 6.61 Å². The van der Waals surface area contributed by atoms with Crippen molar-refractivity contribution in [3.8, 4) is 0 Å². The first-order valence-corrected chi connectivity index (χ1v) is 11.8. The van der Waals surface area contributed by atoms with Gasteiger partial charge in [-0.05, 0) is 30.6 Å². The summed E-state index contributed by atoms with van der Waals surface area (Å²) in [4.78, 5) is 0. The van der Waals surface area contributed by atoms with Gasteiger partial charge in [-0.1, -0.05) is 118 Å². The minimum absolute atomic E-state index is 0.367. The molecule has 152 valence electrons. The van der Waals surface area contributed by atoms with E-state index < -0.39 is 0 Å². The molecule has 0 amide bonds. The van der Waals surface area contributed by atoms with Gasteiger partial charge >= 0.3 is 0 Å². The molecular formula is C24H50O. The molecule has 0 unspecified atom stereocenters. The molecule has 0 fully saturated rings. The van der Waals surface area contributed by atoms with Gasteiger partial charge in [-0.3, -0.25) is 0 Å². The molecule has 0 saturated carbocycles. The van der Waals surface area contributed by atoms with Crippen molar-refractivity contribution in [2.24, 2.45) is 17.8 Å². The highest BCUT2D eigenvalue weighted by atomic mass is 16.2. The Hall–Kier alpha value is -0.0400. The second-order valence-corrected chi connectivity index (χ2v) is 8.37. The molecule has 0 radical (unpaired) electrons. The van der Waals surface area contributed by atoms with Crippen molar-refractivity contribution in [3.05, 3.63) is 0 Å². The monoisotopic (exact) mass is 354 g/mol. The summed E-state index contributed by atoms with van der Waals surface area (Å²) in [5.74, 6) is 2.82. The maximum Gasteiger partial charge on any atom is 0.0431 e. The van der Waals surface area contributed by atoms with Crippen LogP contribution in [0.4, 0.5) is 0 Å². The lowest BCUT2D eigenvalue weighted by atomic mass is 9.79. The van der Waals surface area contributed by atoms with E-state index in [1.165, 1.54) is 96.3 Å². The number of hydrogen-bond donors (Lipinski definition) is 1. The molecule has 1 nitrogen and oxygen atoms in total. The molecule has 0 aromatic heterocycles. The van der Waals surface area contributed by atoms with Gasteiger partial charge in [0.15, 0.2) is 0 Å². The molecule has 1 heteroatoms. The minimum atomic E-state index is 0.367. The van der Waals surface area contributed by atoms with Crippen LogP contribution in [0.3, 0.4) is 0 Å². The molecule has 1 N–H and O–H groups in total. The topological polar surface area (TPSA) is 20.2 Å². The smallest absolute Gasteiger partial charge is 0.0431 e. The predicted molar refractivity (Wildman–Crippen MR) is 114 cm³/mol. The van der Waals surface area contributed by atoms with E-state index in [1.807, 2.05) is 0 Å². The van der Waals surface area contributed by atoms with Gasteiger partial charge in [-0.15, -0.1) is 0 Å². The third-order valence-electron chi connectivity index (χ3n) is 6.20. The van der Waals surface area contributed by atoms with Crippen molar-refractivity contribution in [3.63, 3.8) is 0 Å². The Bertz CT molecular complexity index is 244. The standard InChI is InChI=1S/C24H50O/c1-5-9-11-19-24(23(15-6-2)16-7-3)20-13-10-12-17-22(8-4)18-14-21-25/h22-25H,5-21H2,1-4H3/t22-,24+/m1/s1. The molecule has 0 spiro atoms. The van der Waals surface area contributed by atoms with E-state index in [0.717, 1.165) is 24.2 Å². The predicted octanol–water partition coefficient (Wildman–Crippen LogP) is 8.15. The van der Waals surface area contributed by atoms with E-state index >= 15 is 0 Å². The fourth-order valence-corrected chi connectivity index (χ4v) is 4.58. The fraction of sp³-hybridized carbons (Fsp3) is 1.00. The Balaban J connectivity index is 4.17. The Morgan fingerprint density at radius 2 is 1.04 bits per heavy atom. The first kappa shape index (κ1) is 25.0. The first-order chi connectivity index (χ1) is 12.2. The summed E-state index contributed by atoms with van der Waals surface area (Å²) in [5, 5.41) is 9.01. The zero-order chi connectivity index (χ0) is 18.8. The number of unbranched alkanes of at least 4 members (excludes halogenated alkanes) is 4. The molecule has 2 atom stereocenters. The van der Waals surface area contributed by atoms with Crippen molar-refractivity contribution in [1.29, 1.82) is 0 Å². The lowest BCUT2D eigenvalue weighted by molar-refractivity contribution is 0.243. The van der Waals surface area contributed by atoms with E-state index in [1.54, 1.807) is 0 Å². The zero-order valence-electron chi connectivity index (χ0n) is 18.2. The highest BCUT2D eigenvalue weighted by Gasteiger charge is 2.19. The van der Waals surface area contributed by atoms with Gasteiger partial charge in [0.25, 0.3) is 0 Å². The maximum absolute atomic E-state index is 9.01. The van der Waals surface area contributed by atoms with E-state index in [-0.39, 0.29) is 0 Å². The van der Waals surface area contributed by atoms with Crippen molar-refractivity contribution < 1.29 is 5.11 Å². The molecule has 0 aliphatic heterocycles. The minimum Gasteiger partial charge on any atom is -0.396 e. The summed E-state index contributed by atoms with van der Waals surface area (Å²) in [6.45, 7) is 9.73. The third kappa shape index (κ3) is 13.8. The summed E-state index contributed by atoms with van der Waals surface area (Å²) in [5.41, 5.74) is 0. The van der Waals surface area contributed by atoms with Gasteiger partial charge in [0, 0.05) is 6.61 Å². The molecule has 0 bridgehead atoms. The van der Waals surface area contributed by atoms with Gasteiger partial charge < -0.3 is 5.11 Å². The molecule has 0 aromatic carbocycles. The summed E-state index contributed by atoms with van der Waals surface area (Å²) >= 11 is 0. The third-order valence-corrected chi connectivity index (χ3v) is 6.20. The average molecular weight is 355 g/mol. The quantitative estimate of drug-likeness (QED) is 0.232. The van der Waals surface area contributed by atoms with Crippen molar-refractivity contribution in [2.45, 2.75) is 130 Å². The largest absolute Gasteiger partial charge is 0.396 e. The van der Waals surface area contributed by atoms with Crippen LogP contribution in [0.5, 0.6) is 0 Å². The van der Waals surface area contributed by atoms with E-state index in [2.05, 4.69) is 27.7 Å². The van der Waals surface area contributed by atoms with Gasteiger partial charge in [-0.25, -0.2) is 0 Å². The average Bonchev–Trinajstić information content (AvgIpc) is 2.62. The Labute approximate surface area is 160 Å². The molecular weight excluding hydrogens is 304 g/mol. The summed E-state index contributed by atoms with van der Waals surface area (Å²) in [6, 6.07) is 0. The van der Waals surface area contributed by atoms with Crippen molar-refractivity contribution in [1.82, 2.24) is 0 Å². The van der Waals surface area contributed by atoms with Crippen LogP contribution >= 0.6 is 0 Å². The highest BCUT2D eigenvalue weighted by molar-refractivity contribution is 4.71. The molecule has 25 heavy (non-hydrogen) atoms. The second kappa shape index (κ2) is 18.7. The van der Waals surface area contributed by atoms with Crippen LogP contribution < -0.4 is 0 Å². The van der Waals surface area contributed by atoms with Crippen LogP contribution in [-0.2, 0) is 0 Å². The molecule has 0 rings (SSSR count). The van der Waals surface area contributed by atoms with E-state index in [9.17, 15) is 0 Å². The van der Waals surface area contributed by atoms with Gasteiger partial charge in [-0.2, -0.15) is 0 Å². The van der Waals surface area contributed by atoms with Crippen LogP contribution in [0, 0.1) is 17.8 Å². The van der Waals surface area contributed by atoms with Gasteiger partial charge in [0.05, 0.1) is 0 Å². The van der Waals surface area contributed by atoms with Crippen LogP contribution in [0.25, 0.3) is 0 Å². The normalized spacial score (nSPS) is 14.2. The maximum atomic E-state index is 9.01. The summed E-state index contributed by atoms with van der Waals surface area (Å²) in [7, 11) is 0. The van der Waals surface area contributed by atoms with Crippen molar-refractivity contribution >= 4 is 0 Å². The van der Waals surface area contributed by atoms with Crippen LogP contribution in [0.1, 0.15) is 130 Å². The number of aliphatic hydroxyl groups excluding tert-OH is 1. The number of hydrogen-bond acceptors (Lipinski definition) is 1. The Morgan fingerprint density at radius 1 is 0.520 bits per heavy atom. The zero-order valence-corrected chi connectivity index (χ0v) is 18.2. The van der Waals surface area contributed by atoms with E-state index in [4.69, 9.17) is 5.11 Å². The fourth-order valence-electron chi connectivity index (χ4n) is 4.58. The lowest BCUT2D eigenvalue weighted by Crippen LogP contribution is -2.15. The first-order valence-electron chi connectivity index (χ1n) is 11.8. The molecule has 0 aliphatic carbocycles. The second-order valence-electron chi connectivity index (χ2n) is 8.37. The Morgan fingerprint density at radius 3 is 1.56 bits per heavy atom. The number of aliphatic hydroxyl groups is 1. The van der Waals surface area contributed by atoms with Crippen molar-refractivity contribution in [2.75, 3.05) is 6.61 Å². The van der Waals surface area contributed by atoms with Gasteiger partial charge in [0.1, 0.15) is 0 Å². The molecule has 0 heterocycles. The van der Waals surface area contributed by atoms with Gasteiger partial charge in [0.2, 0.25) is 0 Å². The summed E-state index contributed by atoms with van der Waals surface area (Å²) in [6.07, 6.45) is 21.9. The highest BCUT2D eigenvalue weighted by Crippen LogP contribution is 2.32. The molecule has 0 saturated heterocycles. The molecule has 0 aromatic rings. The summed E-state index contributed by atoms with van der Waals surface area (Å²) < 4.78 is 0. The number of rotatable bonds is 19. The Kier molecular flexibility index (Phi) is 18.7. The lowest BCUT2D eigenvalue weighted by Gasteiger charge is -2.27. The van der Waals surface area contributed by atoms with Crippen LogP contribution in [-0.4, -0.2) is 11.7 Å². The van der Waals surface area contributed by atoms with Crippen LogP contribution in [0.15, 0.2) is 0 Å². The van der Waals surface area contributed by atoms with Crippen LogP contribution in [0.2, 0.25) is 0 Å². The SMILES string of the molecule is CCCCC[C@@H](CCCCC[C@@H](CC)CCCO)C(CCC)CCC.